The molecule has 0 aromatic heterocycles. The summed E-state index contributed by atoms with van der Waals surface area (Å²) in [6.07, 6.45) is 16.0. The molecule has 0 aromatic rings. The first-order valence-electron chi connectivity index (χ1n) is 6.22. The Bertz CT molecular complexity index is 323. The van der Waals surface area contributed by atoms with Crippen LogP contribution >= 0.6 is 0 Å². The molecule has 0 heterocycles. The summed E-state index contributed by atoms with van der Waals surface area (Å²) in [6, 6.07) is 0. The van der Waals surface area contributed by atoms with Crippen LogP contribution in [0.2, 0.25) is 0 Å². The molecule has 4 aliphatic rings. The smallest absolute Gasteiger partial charge is 0.0126 e. The second kappa shape index (κ2) is 2.53. The van der Waals surface area contributed by atoms with Gasteiger partial charge in [-0.05, 0) is 67.8 Å². The highest BCUT2D eigenvalue weighted by molar-refractivity contribution is 5.25. The molecule has 0 aliphatic heterocycles. The van der Waals surface area contributed by atoms with Gasteiger partial charge in [-0.1, -0.05) is 17.7 Å². The van der Waals surface area contributed by atoms with Crippen molar-refractivity contribution < 1.29 is 0 Å². The molecular formula is C14H17. The van der Waals surface area contributed by atoms with Crippen molar-refractivity contribution in [3.05, 3.63) is 23.8 Å². The monoisotopic (exact) mass is 185 g/mol. The van der Waals surface area contributed by atoms with Gasteiger partial charge in [0.2, 0.25) is 0 Å². The lowest BCUT2D eigenvalue weighted by Crippen LogP contribution is -2.14. The average molecular weight is 185 g/mol. The topological polar surface area (TPSA) is 0 Å². The van der Waals surface area contributed by atoms with Crippen LogP contribution in [0.25, 0.3) is 0 Å². The van der Waals surface area contributed by atoms with Gasteiger partial charge in [-0.2, -0.15) is 0 Å². The van der Waals surface area contributed by atoms with E-state index in [0.717, 1.165) is 29.6 Å². The summed E-state index contributed by atoms with van der Waals surface area (Å²) < 4.78 is 0. The van der Waals surface area contributed by atoms with E-state index < -0.39 is 0 Å². The van der Waals surface area contributed by atoms with Gasteiger partial charge in [0.1, 0.15) is 0 Å². The molecule has 5 atom stereocenters. The van der Waals surface area contributed by atoms with E-state index in [1.165, 1.54) is 32.1 Å². The van der Waals surface area contributed by atoms with Crippen molar-refractivity contribution in [3.8, 4) is 0 Å². The van der Waals surface area contributed by atoms with Crippen LogP contribution in [-0.4, -0.2) is 0 Å². The summed E-state index contributed by atoms with van der Waals surface area (Å²) in [5.41, 5.74) is 1.76. The zero-order chi connectivity index (χ0) is 9.12. The van der Waals surface area contributed by atoms with Crippen molar-refractivity contribution in [2.75, 3.05) is 0 Å². The number of allylic oxidation sites excluding steroid dienone is 4. The molecule has 0 aromatic carbocycles. The third kappa shape index (κ3) is 0.898. The lowest BCUT2D eigenvalue weighted by Gasteiger charge is -2.25. The van der Waals surface area contributed by atoms with Crippen LogP contribution < -0.4 is 0 Å². The number of fused-ring (bicyclic) bond motifs is 4. The predicted molar refractivity (Wildman–Crippen MR) is 56.4 cm³/mol. The first-order chi connectivity index (χ1) is 6.90. The lowest BCUT2D eigenvalue weighted by atomic mass is 9.80. The van der Waals surface area contributed by atoms with Gasteiger partial charge < -0.3 is 0 Å². The zero-order valence-corrected chi connectivity index (χ0v) is 8.58. The molecule has 0 N–H and O–H groups in total. The van der Waals surface area contributed by atoms with Crippen LogP contribution in [0.15, 0.2) is 17.7 Å². The fourth-order valence-corrected chi connectivity index (χ4v) is 4.30. The van der Waals surface area contributed by atoms with Crippen molar-refractivity contribution in [2.24, 2.45) is 29.6 Å². The second-order valence-electron chi connectivity index (χ2n) is 5.69. The molecule has 4 rings (SSSR count). The van der Waals surface area contributed by atoms with Crippen molar-refractivity contribution in [3.63, 3.8) is 0 Å². The van der Waals surface area contributed by atoms with Gasteiger partial charge in [-0.3, -0.25) is 0 Å². The Balaban J connectivity index is 1.65. The van der Waals surface area contributed by atoms with Crippen molar-refractivity contribution >= 4 is 0 Å². The first-order valence-corrected chi connectivity index (χ1v) is 6.22. The van der Waals surface area contributed by atoms with Gasteiger partial charge in [0.25, 0.3) is 0 Å². The van der Waals surface area contributed by atoms with E-state index in [-0.39, 0.29) is 0 Å². The fraction of sp³-hybridized carbons (Fsp3) is 0.714. The summed E-state index contributed by atoms with van der Waals surface area (Å²) in [6.45, 7) is 0. The first kappa shape index (κ1) is 7.73. The van der Waals surface area contributed by atoms with E-state index in [1.807, 2.05) is 0 Å². The van der Waals surface area contributed by atoms with E-state index in [4.69, 9.17) is 0 Å². The quantitative estimate of drug-likeness (QED) is 0.549. The predicted octanol–water partition coefficient (Wildman–Crippen LogP) is 3.36. The van der Waals surface area contributed by atoms with E-state index >= 15 is 0 Å². The molecule has 2 fully saturated rings. The van der Waals surface area contributed by atoms with Crippen LogP contribution in [0, 0.1) is 35.7 Å². The Morgan fingerprint density at radius 3 is 2.64 bits per heavy atom. The fourth-order valence-electron chi connectivity index (χ4n) is 4.30. The second-order valence-corrected chi connectivity index (χ2v) is 5.69. The lowest BCUT2D eigenvalue weighted by molar-refractivity contribution is 0.454. The Kier molecular flexibility index (Phi) is 1.40. The van der Waals surface area contributed by atoms with Crippen LogP contribution in [-0.2, 0) is 0 Å². The number of hydrogen-bond donors (Lipinski definition) is 0. The largest absolute Gasteiger partial charge is 0.0851 e. The minimum atomic E-state index is 0.859. The van der Waals surface area contributed by atoms with E-state index in [2.05, 4.69) is 18.2 Å². The third-order valence-corrected chi connectivity index (χ3v) is 4.92. The van der Waals surface area contributed by atoms with Gasteiger partial charge in [-0.15, -0.1) is 0 Å². The molecule has 0 saturated heterocycles. The van der Waals surface area contributed by atoms with Crippen LogP contribution in [0.1, 0.15) is 32.1 Å². The van der Waals surface area contributed by atoms with Crippen LogP contribution in [0.5, 0.6) is 0 Å². The highest BCUT2D eigenvalue weighted by Gasteiger charge is 2.43. The maximum atomic E-state index is 3.80. The van der Waals surface area contributed by atoms with E-state index in [1.54, 1.807) is 5.57 Å². The molecule has 0 heteroatoms. The third-order valence-electron chi connectivity index (χ3n) is 4.92. The maximum absolute atomic E-state index is 3.80. The molecule has 4 bridgehead atoms. The molecule has 0 nitrogen and oxygen atoms in total. The Morgan fingerprint density at radius 1 is 1.07 bits per heavy atom. The summed E-state index contributed by atoms with van der Waals surface area (Å²) in [5.74, 6) is 4.57. The van der Waals surface area contributed by atoms with Gasteiger partial charge in [0.05, 0.1) is 0 Å². The molecule has 73 valence electrons. The van der Waals surface area contributed by atoms with Crippen LogP contribution in [0.4, 0.5) is 0 Å². The molecule has 4 aliphatic carbocycles. The van der Waals surface area contributed by atoms with Crippen molar-refractivity contribution in [1.29, 1.82) is 0 Å². The van der Waals surface area contributed by atoms with E-state index in [9.17, 15) is 0 Å². The zero-order valence-electron chi connectivity index (χ0n) is 8.58. The summed E-state index contributed by atoms with van der Waals surface area (Å²) in [7, 11) is 0. The molecular weight excluding hydrogens is 168 g/mol. The van der Waals surface area contributed by atoms with Crippen molar-refractivity contribution in [2.45, 2.75) is 32.1 Å². The highest BCUT2D eigenvalue weighted by Crippen LogP contribution is 2.54. The highest BCUT2D eigenvalue weighted by atomic mass is 14.5. The standard InChI is InChI=1S/C14H17/c1-3-11-5-9(1)7-13(11)14-8-10-2-4-12(14)6-10/h1,3,9-13H,2,4-7H2. The van der Waals surface area contributed by atoms with Gasteiger partial charge >= 0.3 is 0 Å². The molecule has 5 unspecified atom stereocenters. The maximum Gasteiger partial charge on any atom is -0.0126 e. The van der Waals surface area contributed by atoms with Gasteiger partial charge in [0.15, 0.2) is 0 Å². The van der Waals surface area contributed by atoms with Crippen molar-refractivity contribution in [1.82, 2.24) is 0 Å². The SMILES string of the molecule is [C]1=C(C2CC3C=CC2C3)C2CCC1C2. The van der Waals surface area contributed by atoms with Gasteiger partial charge in [0, 0.05) is 0 Å². The molecule has 0 amide bonds. The molecule has 1 radical (unpaired) electrons. The Hall–Kier alpha value is -0.520. The van der Waals surface area contributed by atoms with E-state index in [0.29, 0.717) is 0 Å². The summed E-state index contributed by atoms with van der Waals surface area (Å²) in [4.78, 5) is 0. The number of rotatable bonds is 1. The minimum Gasteiger partial charge on any atom is -0.0851 e. The molecule has 2 saturated carbocycles. The van der Waals surface area contributed by atoms with Crippen LogP contribution in [0.3, 0.4) is 0 Å². The molecule has 14 heavy (non-hydrogen) atoms. The Labute approximate surface area is 86.1 Å². The minimum absolute atomic E-state index is 0.859. The average Bonchev–Trinajstić information content (AvgIpc) is 2.96. The summed E-state index contributed by atoms with van der Waals surface area (Å²) in [5, 5.41) is 0. The Morgan fingerprint density at radius 2 is 2.07 bits per heavy atom. The molecule has 0 spiro atoms. The summed E-state index contributed by atoms with van der Waals surface area (Å²) >= 11 is 0. The van der Waals surface area contributed by atoms with Gasteiger partial charge in [-0.25, -0.2) is 0 Å². The normalized spacial score (nSPS) is 53.1. The number of hydrogen-bond acceptors (Lipinski definition) is 0.